The molecule has 2 aromatic carbocycles. The molecule has 4 N–H and O–H groups in total. The van der Waals surface area contributed by atoms with Gasteiger partial charge in [0.1, 0.15) is 12.3 Å². The van der Waals surface area contributed by atoms with Gasteiger partial charge < -0.3 is 34.4 Å². The number of hydrogen-bond acceptors (Lipinski definition) is 11. The summed E-state index contributed by atoms with van der Waals surface area (Å²) >= 11 is 0. The molecule has 3 aromatic rings. The Kier molecular flexibility index (Phi) is 14.8. The lowest BCUT2D eigenvalue weighted by molar-refractivity contribution is -0.116. The molecule has 52 heavy (non-hydrogen) atoms. The molecule has 0 aliphatic carbocycles. The van der Waals surface area contributed by atoms with Crippen LogP contribution in [0.25, 0.3) is 6.08 Å². The van der Waals surface area contributed by atoms with Gasteiger partial charge in [0.15, 0.2) is 0 Å². The fraction of sp³-hybridized carbons (Fsp3) is 0.429. The molecule has 0 radical (unpaired) electrons. The third-order valence-electron chi connectivity index (χ3n) is 8.15. The van der Waals surface area contributed by atoms with Crippen LogP contribution < -0.4 is 26.8 Å². The topological polar surface area (TPSA) is 206 Å². The van der Waals surface area contributed by atoms with E-state index in [0.29, 0.717) is 24.3 Å². The van der Waals surface area contributed by atoms with Crippen molar-refractivity contribution in [1.82, 2.24) is 20.2 Å². The van der Waals surface area contributed by atoms with Crippen LogP contribution in [-0.4, -0.2) is 86.0 Å². The van der Waals surface area contributed by atoms with Gasteiger partial charge in [0.25, 0.3) is 11.5 Å². The van der Waals surface area contributed by atoms with E-state index in [1.807, 2.05) is 43.3 Å². The number of nitrogens with zero attached hydrogens (tertiary/aromatic N) is 4. The first kappa shape index (κ1) is 40.0. The predicted octanol–water partition coefficient (Wildman–Crippen LogP) is 4.27. The molecule has 280 valence electrons. The molecular formula is C35H46N7O9P. The Morgan fingerprint density at radius 2 is 1.63 bits per heavy atom. The molecule has 4 atom stereocenters. The summed E-state index contributed by atoms with van der Waals surface area (Å²) in [6.07, 6.45) is 5.15. The maximum absolute atomic E-state index is 12.5. The molecule has 2 amide bonds. The van der Waals surface area contributed by atoms with Gasteiger partial charge in [0.2, 0.25) is 5.91 Å². The molecule has 4 rings (SSSR count). The van der Waals surface area contributed by atoms with Crippen LogP contribution in [0, 0.1) is 0 Å². The Hall–Kier alpha value is -4.73. The van der Waals surface area contributed by atoms with E-state index >= 15 is 0 Å². The van der Waals surface area contributed by atoms with Crippen molar-refractivity contribution in [3.63, 3.8) is 0 Å². The van der Waals surface area contributed by atoms with Gasteiger partial charge in [-0.2, -0.15) is 10.2 Å². The third-order valence-corrected chi connectivity index (χ3v) is 8.77. The highest BCUT2D eigenvalue weighted by Gasteiger charge is 2.38. The Balaban J connectivity index is 1.13. The van der Waals surface area contributed by atoms with Crippen LogP contribution in [-0.2, 0) is 23.4 Å². The van der Waals surface area contributed by atoms with Crippen LogP contribution in [0.4, 0.5) is 17.1 Å². The van der Waals surface area contributed by atoms with Crippen molar-refractivity contribution in [2.75, 3.05) is 52.5 Å². The number of nitrogens with one attached hydrogen (secondary N) is 3. The lowest BCUT2D eigenvalue weighted by atomic mass is 10.1. The van der Waals surface area contributed by atoms with Gasteiger partial charge in [0, 0.05) is 70.9 Å². The molecule has 2 unspecified atom stereocenters. The average Bonchev–Trinajstić information content (AvgIpc) is 3.53. The van der Waals surface area contributed by atoms with Gasteiger partial charge >= 0.3 is 13.3 Å². The van der Waals surface area contributed by atoms with Crippen molar-refractivity contribution in [2.24, 2.45) is 10.2 Å². The molecule has 1 aliphatic rings. The predicted molar refractivity (Wildman–Crippen MR) is 197 cm³/mol. The molecular weight excluding hydrogens is 693 g/mol. The Morgan fingerprint density at radius 1 is 1.02 bits per heavy atom. The lowest BCUT2D eigenvalue weighted by Gasteiger charge is -2.18. The van der Waals surface area contributed by atoms with E-state index < -0.39 is 43.2 Å². The minimum absolute atomic E-state index is 0.0610. The van der Waals surface area contributed by atoms with Crippen molar-refractivity contribution >= 4 is 42.5 Å². The number of carbonyl (C=O) groups excluding carboxylic acids is 2. The summed E-state index contributed by atoms with van der Waals surface area (Å²) in [6.45, 7) is 1.77. The number of aromatic nitrogens is 2. The van der Waals surface area contributed by atoms with Gasteiger partial charge in [-0.1, -0.05) is 12.8 Å². The third kappa shape index (κ3) is 12.5. The summed E-state index contributed by atoms with van der Waals surface area (Å²) in [4.78, 5) is 63.5. The van der Waals surface area contributed by atoms with Crippen LogP contribution in [0.15, 0.2) is 80.6 Å². The monoisotopic (exact) mass is 739 g/mol. The fourth-order valence-corrected chi connectivity index (χ4v) is 5.69. The summed E-state index contributed by atoms with van der Waals surface area (Å²) < 4.78 is 28.9. The number of methoxy groups -OCH3 is 1. The molecule has 1 saturated heterocycles. The van der Waals surface area contributed by atoms with Crippen LogP contribution in [0.3, 0.4) is 0 Å². The highest BCUT2D eigenvalue weighted by molar-refractivity contribution is 7.51. The first-order chi connectivity index (χ1) is 24.8. The van der Waals surface area contributed by atoms with E-state index in [2.05, 4.69) is 25.8 Å². The molecule has 1 aromatic heterocycles. The lowest BCUT2D eigenvalue weighted by Crippen LogP contribution is -2.33. The number of azo groups is 1. The Morgan fingerprint density at radius 3 is 2.23 bits per heavy atom. The zero-order chi connectivity index (χ0) is 37.7. The average molecular weight is 740 g/mol. The first-order valence-electron chi connectivity index (χ1n) is 16.8. The quantitative estimate of drug-likeness (QED) is 0.0631. The first-order valence-corrected chi connectivity index (χ1v) is 18.9. The van der Waals surface area contributed by atoms with Gasteiger partial charge in [-0.15, -0.1) is 0 Å². The number of rotatable bonds is 18. The van der Waals surface area contributed by atoms with Crippen LogP contribution >= 0.6 is 7.60 Å². The Labute approximate surface area is 301 Å². The molecule has 1 aliphatic heterocycles. The number of ether oxygens (including phenoxy) is 2. The number of carbonyl (C=O) groups is 2. The van der Waals surface area contributed by atoms with E-state index in [1.54, 1.807) is 24.3 Å². The summed E-state index contributed by atoms with van der Waals surface area (Å²) in [5.41, 5.74) is 1.65. The maximum Gasteiger partial charge on any atom is 0.330 e. The second kappa shape index (κ2) is 19.2. The molecule has 17 heteroatoms. The number of anilines is 1. The van der Waals surface area contributed by atoms with Gasteiger partial charge in [0.05, 0.1) is 29.6 Å². The number of amides is 2. The highest BCUT2D eigenvalue weighted by Crippen LogP contribution is 2.39. The second-order valence-corrected chi connectivity index (χ2v) is 14.3. The van der Waals surface area contributed by atoms with Crippen molar-refractivity contribution in [2.45, 2.75) is 50.5 Å². The number of H-pyrrole nitrogens is 1. The van der Waals surface area contributed by atoms with E-state index in [-0.39, 0.29) is 24.5 Å². The van der Waals surface area contributed by atoms with Crippen molar-refractivity contribution in [3.05, 3.63) is 92.8 Å². The molecule has 0 bridgehead atoms. The standard InChI is InChI=1S/C35H46N7O9P/c1-41(2)28-16-14-27(15-17-28)40-39-26-12-9-24(10-13-26)33(44)37-20-8-6-5-7-19-36-31(43)18-11-25-22-42(35(46)38-34(25)45)32-21-29(49-3)30(51-32)23-50-52(4,47)48/h9-18,22,29-30,32H,5-8,19-21,23H2,1-4H3,(H,36,43)(H,37,44)(H,47,48)(H,38,45,46)/b18-11+,40-39?/t29-,30?,32-/m1/s1. The van der Waals surface area contributed by atoms with Gasteiger partial charge in [-0.05, 0) is 67.4 Å². The van der Waals surface area contributed by atoms with E-state index in [1.165, 1.54) is 30.0 Å². The summed E-state index contributed by atoms with van der Waals surface area (Å²) in [5.74, 6) is -0.575. The molecule has 2 heterocycles. The largest absolute Gasteiger partial charge is 0.378 e. The summed E-state index contributed by atoms with van der Waals surface area (Å²) in [6, 6.07) is 14.6. The number of hydrogen-bond donors (Lipinski definition) is 4. The second-order valence-electron chi connectivity index (χ2n) is 12.4. The minimum Gasteiger partial charge on any atom is -0.378 e. The summed E-state index contributed by atoms with van der Waals surface area (Å²) in [5, 5.41) is 14.2. The van der Waals surface area contributed by atoms with Crippen molar-refractivity contribution in [3.8, 4) is 0 Å². The van der Waals surface area contributed by atoms with E-state index in [9.17, 15) is 28.6 Å². The number of benzene rings is 2. The highest BCUT2D eigenvalue weighted by atomic mass is 31.2. The SMILES string of the molecule is CO[C@@H]1C[C@H](n2cc(/C=C/C(=O)NCCCCCCNC(=O)c3ccc(N=Nc4ccc(N(C)C)cc4)cc3)c(=O)[nH]c2=O)OC1COP(C)(=O)O. The van der Waals surface area contributed by atoms with Gasteiger partial charge in [-0.25, -0.2) is 4.79 Å². The van der Waals surface area contributed by atoms with Crippen LogP contribution in [0.5, 0.6) is 0 Å². The Bertz CT molecular complexity index is 1870. The van der Waals surface area contributed by atoms with E-state index in [4.69, 9.17) is 14.0 Å². The molecule has 16 nitrogen and oxygen atoms in total. The van der Waals surface area contributed by atoms with E-state index in [0.717, 1.165) is 43.7 Å². The number of unbranched alkanes of at least 4 members (excludes halogenated alkanes) is 3. The number of aromatic amines is 1. The zero-order valence-electron chi connectivity index (χ0n) is 29.7. The smallest absolute Gasteiger partial charge is 0.330 e. The van der Waals surface area contributed by atoms with Crippen LogP contribution in [0.2, 0.25) is 0 Å². The van der Waals surface area contributed by atoms with Crippen LogP contribution in [0.1, 0.15) is 54.3 Å². The van der Waals surface area contributed by atoms with Gasteiger partial charge in [-0.3, -0.25) is 28.5 Å². The normalized spacial score (nSPS) is 18.4. The molecule has 1 fully saturated rings. The zero-order valence-corrected chi connectivity index (χ0v) is 30.6. The van der Waals surface area contributed by atoms with Crippen molar-refractivity contribution < 1.29 is 33.0 Å². The van der Waals surface area contributed by atoms with Crippen molar-refractivity contribution in [1.29, 1.82) is 0 Å². The minimum atomic E-state index is -3.75. The maximum atomic E-state index is 12.5. The fourth-order valence-electron chi connectivity index (χ4n) is 5.27. The molecule has 0 spiro atoms. The summed E-state index contributed by atoms with van der Waals surface area (Å²) in [7, 11) is 1.64. The molecule has 0 saturated carbocycles.